The molecule has 0 saturated heterocycles. The molecule has 0 aliphatic rings. The van der Waals surface area contributed by atoms with Crippen molar-refractivity contribution in [2.24, 2.45) is 11.6 Å². The van der Waals surface area contributed by atoms with Gasteiger partial charge in [0.25, 0.3) is 0 Å². The maximum absolute atomic E-state index is 10.2. The van der Waals surface area contributed by atoms with Crippen LogP contribution in [0.3, 0.4) is 0 Å². The highest BCUT2D eigenvalue weighted by Gasteiger charge is 1.89. The summed E-state index contributed by atoms with van der Waals surface area (Å²) in [4.78, 5) is 10.2. The van der Waals surface area contributed by atoms with Crippen LogP contribution in [0.2, 0.25) is 0 Å². The smallest absolute Gasteiger partial charge is 0.222 e. The van der Waals surface area contributed by atoms with Gasteiger partial charge in [-0.2, -0.15) is 0 Å². The lowest BCUT2D eigenvalue weighted by molar-refractivity contribution is -0.118. The monoisotopic (exact) mass is 130 g/mol. The van der Waals surface area contributed by atoms with E-state index in [0.29, 0.717) is 0 Å². The van der Waals surface area contributed by atoms with Gasteiger partial charge in [-0.3, -0.25) is 10.6 Å². The van der Waals surface area contributed by atoms with Crippen molar-refractivity contribution in [3.63, 3.8) is 0 Å². The Kier molecular flexibility index (Phi) is 3.22. The van der Waals surface area contributed by atoms with Crippen molar-refractivity contribution in [2.75, 3.05) is 0 Å². The second-order valence-corrected chi connectivity index (χ2v) is 1.45. The number of hydrazine groups is 1. The van der Waals surface area contributed by atoms with Crippen molar-refractivity contribution >= 4 is 5.91 Å². The van der Waals surface area contributed by atoms with Gasteiger partial charge in [0.2, 0.25) is 5.91 Å². The minimum Gasteiger partial charge on any atom is -0.384 e. The number of nitrogens with one attached hydrogen (secondary N) is 2. The summed E-state index contributed by atoms with van der Waals surface area (Å²) in [6, 6.07) is 0. The molecular formula is C4H10N4O. The summed E-state index contributed by atoms with van der Waals surface area (Å²) in [5.74, 6) is 4.82. The van der Waals surface area contributed by atoms with Gasteiger partial charge in [-0.1, -0.05) is 0 Å². The normalized spacial score (nSPS) is 10.7. The number of amides is 1. The van der Waals surface area contributed by atoms with Crippen LogP contribution in [0, 0.1) is 0 Å². The number of carbonyl (C=O) groups excluding carboxylic acids is 1. The molecule has 0 bridgehead atoms. The Labute approximate surface area is 53.1 Å². The summed E-state index contributed by atoms with van der Waals surface area (Å²) in [6.07, 6.45) is 1.28. The number of carbonyl (C=O) groups is 1. The molecular weight excluding hydrogens is 120 g/mol. The van der Waals surface area contributed by atoms with Gasteiger partial charge < -0.3 is 16.5 Å². The second-order valence-electron chi connectivity index (χ2n) is 1.45. The molecule has 0 aromatic rings. The molecule has 0 unspecified atom stereocenters. The van der Waals surface area contributed by atoms with Crippen LogP contribution in [0.15, 0.2) is 12.0 Å². The Bertz CT molecular complexity index is 131. The highest BCUT2D eigenvalue weighted by Crippen LogP contribution is 1.70. The van der Waals surface area contributed by atoms with Gasteiger partial charge in [-0.15, -0.1) is 0 Å². The predicted molar refractivity (Wildman–Crippen MR) is 33.4 cm³/mol. The molecule has 5 nitrogen and oxygen atoms in total. The summed E-state index contributed by atoms with van der Waals surface area (Å²) >= 11 is 0. The third-order valence-corrected chi connectivity index (χ3v) is 0.559. The van der Waals surface area contributed by atoms with Crippen molar-refractivity contribution in [1.29, 1.82) is 0 Å². The average Bonchev–Trinajstić information content (AvgIpc) is 1.63. The fourth-order valence-electron chi connectivity index (χ4n) is 0.329. The third-order valence-electron chi connectivity index (χ3n) is 0.559. The first-order valence-corrected chi connectivity index (χ1v) is 2.36. The number of hydrogen-bond acceptors (Lipinski definition) is 4. The van der Waals surface area contributed by atoms with E-state index in [0.717, 1.165) is 0 Å². The standard InChI is InChI=1S/C4H10N4O/c1-3(9)8-4(5)2-7-6/h2,7H,5-6H2,1H3,(H,8,9)/b4-2+. The molecule has 0 spiro atoms. The Morgan fingerprint density at radius 3 is 2.56 bits per heavy atom. The van der Waals surface area contributed by atoms with Crippen LogP contribution >= 0.6 is 0 Å². The van der Waals surface area contributed by atoms with Gasteiger partial charge in [0.05, 0.1) is 6.20 Å². The molecule has 9 heavy (non-hydrogen) atoms. The van der Waals surface area contributed by atoms with E-state index < -0.39 is 0 Å². The predicted octanol–water partition coefficient (Wildman–Crippen LogP) is -1.66. The zero-order valence-corrected chi connectivity index (χ0v) is 5.14. The van der Waals surface area contributed by atoms with Gasteiger partial charge in [-0.25, -0.2) is 0 Å². The van der Waals surface area contributed by atoms with Crippen LogP contribution in [0.5, 0.6) is 0 Å². The van der Waals surface area contributed by atoms with E-state index >= 15 is 0 Å². The first kappa shape index (κ1) is 7.77. The van der Waals surface area contributed by atoms with Crippen molar-refractivity contribution in [1.82, 2.24) is 10.7 Å². The SMILES string of the molecule is CC(=O)N/C(N)=C/NN. The van der Waals surface area contributed by atoms with Crippen LogP contribution in [0.25, 0.3) is 0 Å². The molecule has 0 saturated carbocycles. The van der Waals surface area contributed by atoms with Crippen molar-refractivity contribution < 1.29 is 4.79 Å². The first-order chi connectivity index (χ1) is 4.16. The molecule has 0 radical (unpaired) electrons. The number of rotatable bonds is 2. The molecule has 52 valence electrons. The third kappa shape index (κ3) is 4.63. The van der Waals surface area contributed by atoms with Gasteiger partial charge >= 0.3 is 0 Å². The maximum Gasteiger partial charge on any atom is 0.222 e. The Hall–Kier alpha value is -1.23. The van der Waals surface area contributed by atoms with E-state index in [1.165, 1.54) is 13.1 Å². The summed E-state index contributed by atoms with van der Waals surface area (Å²) in [7, 11) is 0. The van der Waals surface area contributed by atoms with Crippen molar-refractivity contribution in [2.45, 2.75) is 6.92 Å². The number of hydrogen-bond donors (Lipinski definition) is 4. The summed E-state index contributed by atoms with van der Waals surface area (Å²) in [5.41, 5.74) is 7.34. The zero-order chi connectivity index (χ0) is 7.28. The lowest BCUT2D eigenvalue weighted by Crippen LogP contribution is -2.28. The molecule has 0 aliphatic heterocycles. The molecule has 0 heterocycles. The molecule has 0 aromatic heterocycles. The van der Waals surface area contributed by atoms with Gasteiger partial charge in [0.15, 0.2) is 0 Å². The molecule has 0 aliphatic carbocycles. The van der Waals surface area contributed by atoms with Gasteiger partial charge in [0.1, 0.15) is 5.82 Å². The van der Waals surface area contributed by atoms with Crippen molar-refractivity contribution in [3.05, 3.63) is 12.0 Å². The Morgan fingerprint density at radius 2 is 2.22 bits per heavy atom. The summed E-state index contributed by atoms with van der Waals surface area (Å²) < 4.78 is 0. The minimum absolute atomic E-state index is 0.199. The van der Waals surface area contributed by atoms with Crippen LogP contribution in [0.1, 0.15) is 6.92 Å². The van der Waals surface area contributed by atoms with Crippen LogP contribution in [0.4, 0.5) is 0 Å². The van der Waals surface area contributed by atoms with E-state index in [1.807, 2.05) is 0 Å². The fraction of sp³-hybridized carbons (Fsp3) is 0.250. The maximum atomic E-state index is 10.2. The summed E-state index contributed by atoms with van der Waals surface area (Å²) in [6.45, 7) is 1.36. The first-order valence-electron chi connectivity index (χ1n) is 2.36. The lowest BCUT2D eigenvalue weighted by Gasteiger charge is -1.98. The van der Waals surface area contributed by atoms with E-state index in [9.17, 15) is 4.79 Å². The fourth-order valence-corrected chi connectivity index (χ4v) is 0.329. The molecule has 6 N–H and O–H groups in total. The zero-order valence-electron chi connectivity index (χ0n) is 5.14. The van der Waals surface area contributed by atoms with Gasteiger partial charge in [-0.05, 0) is 0 Å². The van der Waals surface area contributed by atoms with E-state index in [-0.39, 0.29) is 11.7 Å². The number of nitrogens with two attached hydrogens (primary N) is 2. The summed E-state index contributed by atoms with van der Waals surface area (Å²) in [5, 5.41) is 2.30. The average molecular weight is 130 g/mol. The Morgan fingerprint density at radius 1 is 1.67 bits per heavy atom. The second kappa shape index (κ2) is 3.73. The largest absolute Gasteiger partial charge is 0.384 e. The minimum atomic E-state index is -0.223. The van der Waals surface area contributed by atoms with E-state index in [2.05, 4.69) is 10.7 Å². The van der Waals surface area contributed by atoms with E-state index in [1.54, 1.807) is 0 Å². The Balaban J connectivity index is 3.62. The highest BCUT2D eigenvalue weighted by molar-refractivity contribution is 5.74. The van der Waals surface area contributed by atoms with E-state index in [4.69, 9.17) is 11.6 Å². The molecule has 0 rings (SSSR count). The molecule has 0 fully saturated rings. The van der Waals surface area contributed by atoms with Gasteiger partial charge in [0, 0.05) is 6.92 Å². The molecule has 0 aromatic carbocycles. The molecule has 1 amide bonds. The quantitative estimate of drug-likeness (QED) is 0.266. The topological polar surface area (TPSA) is 93.2 Å². The molecule has 0 atom stereocenters. The van der Waals surface area contributed by atoms with Crippen LogP contribution in [-0.4, -0.2) is 5.91 Å². The lowest BCUT2D eigenvalue weighted by atomic mass is 10.6. The molecule has 5 heteroatoms. The van der Waals surface area contributed by atoms with Crippen LogP contribution in [-0.2, 0) is 4.79 Å². The van der Waals surface area contributed by atoms with Crippen LogP contribution < -0.4 is 22.3 Å². The highest BCUT2D eigenvalue weighted by atomic mass is 16.1. The van der Waals surface area contributed by atoms with Crippen molar-refractivity contribution in [3.8, 4) is 0 Å².